The number of esters is 1. The van der Waals surface area contributed by atoms with Gasteiger partial charge in [0.05, 0.1) is 38.4 Å². The molecule has 28 heavy (non-hydrogen) atoms. The predicted molar refractivity (Wildman–Crippen MR) is 109 cm³/mol. The standard InChI is InChI=1S/C21H20N4O2S/c1-4-25-20-17(11-22-25)16(10-18(24-20)15-8-6-5-7-9-15)21(26)27-12-19-13(2)23-14(3)28-19/h5-11H,4,12H2,1-3H3. The van der Waals surface area contributed by atoms with Crippen molar-refractivity contribution in [1.29, 1.82) is 0 Å². The first-order chi connectivity index (χ1) is 13.6. The van der Waals surface area contributed by atoms with Gasteiger partial charge in [0.2, 0.25) is 0 Å². The molecule has 142 valence electrons. The summed E-state index contributed by atoms with van der Waals surface area (Å²) < 4.78 is 7.40. The third kappa shape index (κ3) is 3.41. The average Bonchev–Trinajstić information content (AvgIpc) is 3.27. The molecule has 4 rings (SSSR count). The highest BCUT2D eigenvalue weighted by Gasteiger charge is 2.19. The first-order valence-electron chi connectivity index (χ1n) is 9.09. The van der Waals surface area contributed by atoms with Gasteiger partial charge in [-0.15, -0.1) is 11.3 Å². The fraction of sp³-hybridized carbons (Fsp3) is 0.238. The monoisotopic (exact) mass is 392 g/mol. The molecular formula is C21H20N4O2S. The van der Waals surface area contributed by atoms with Gasteiger partial charge in [-0.25, -0.2) is 19.4 Å². The summed E-state index contributed by atoms with van der Waals surface area (Å²) in [5.41, 5.74) is 3.72. The lowest BCUT2D eigenvalue weighted by molar-refractivity contribution is 0.0478. The number of nitrogens with zero attached hydrogens (tertiary/aromatic N) is 4. The quantitative estimate of drug-likeness (QED) is 0.466. The third-order valence-electron chi connectivity index (χ3n) is 4.53. The highest BCUT2D eigenvalue weighted by molar-refractivity contribution is 7.11. The van der Waals surface area contributed by atoms with Gasteiger partial charge in [0.1, 0.15) is 6.61 Å². The molecule has 7 heteroatoms. The number of hydrogen-bond donors (Lipinski definition) is 0. The Morgan fingerprint density at radius 2 is 1.96 bits per heavy atom. The maximum Gasteiger partial charge on any atom is 0.339 e. The highest BCUT2D eigenvalue weighted by Crippen LogP contribution is 2.26. The maximum atomic E-state index is 12.9. The Balaban J connectivity index is 1.73. The number of carbonyl (C=O) groups excluding carboxylic acids is 1. The van der Waals surface area contributed by atoms with Gasteiger partial charge < -0.3 is 4.74 Å². The number of aromatic nitrogens is 4. The molecule has 0 amide bonds. The van der Waals surface area contributed by atoms with E-state index in [4.69, 9.17) is 9.72 Å². The number of pyridine rings is 1. The Kier molecular flexibility index (Phi) is 4.92. The molecule has 3 heterocycles. The van der Waals surface area contributed by atoms with Gasteiger partial charge in [0.25, 0.3) is 0 Å². The summed E-state index contributed by atoms with van der Waals surface area (Å²) in [6.07, 6.45) is 1.68. The van der Waals surface area contributed by atoms with Crippen molar-refractivity contribution in [2.45, 2.75) is 33.9 Å². The van der Waals surface area contributed by atoms with Gasteiger partial charge >= 0.3 is 5.97 Å². The van der Waals surface area contributed by atoms with Gasteiger partial charge in [-0.2, -0.15) is 5.10 Å². The lowest BCUT2D eigenvalue weighted by Gasteiger charge is -2.09. The van der Waals surface area contributed by atoms with Gasteiger partial charge in [-0.1, -0.05) is 30.3 Å². The molecule has 0 aliphatic rings. The predicted octanol–water partition coefficient (Wildman–Crippen LogP) is 4.55. The van der Waals surface area contributed by atoms with Gasteiger partial charge in [-0.05, 0) is 26.8 Å². The number of carbonyl (C=O) groups is 1. The lowest BCUT2D eigenvalue weighted by Crippen LogP contribution is -2.07. The Morgan fingerprint density at radius 3 is 2.64 bits per heavy atom. The maximum absolute atomic E-state index is 12.9. The van der Waals surface area contributed by atoms with Crippen LogP contribution in [0.5, 0.6) is 0 Å². The zero-order valence-corrected chi connectivity index (χ0v) is 16.8. The van der Waals surface area contributed by atoms with Crippen molar-refractivity contribution in [3.8, 4) is 11.3 Å². The second kappa shape index (κ2) is 7.52. The Bertz CT molecular complexity index is 1150. The van der Waals surface area contributed by atoms with Crippen molar-refractivity contribution in [2.75, 3.05) is 0 Å². The minimum atomic E-state index is -0.384. The minimum absolute atomic E-state index is 0.211. The second-order valence-electron chi connectivity index (χ2n) is 6.44. The van der Waals surface area contributed by atoms with E-state index < -0.39 is 0 Å². The van der Waals surface area contributed by atoms with Gasteiger partial charge in [0.15, 0.2) is 5.65 Å². The summed E-state index contributed by atoms with van der Waals surface area (Å²) in [4.78, 5) is 23.0. The highest BCUT2D eigenvalue weighted by atomic mass is 32.1. The van der Waals surface area contributed by atoms with Crippen molar-refractivity contribution in [2.24, 2.45) is 0 Å². The van der Waals surface area contributed by atoms with Crippen molar-refractivity contribution in [3.63, 3.8) is 0 Å². The topological polar surface area (TPSA) is 69.9 Å². The van der Waals surface area contributed by atoms with Crippen molar-refractivity contribution in [3.05, 3.63) is 63.7 Å². The number of ether oxygens (including phenoxy) is 1. The molecule has 0 aliphatic carbocycles. The molecule has 6 nitrogen and oxygen atoms in total. The zero-order valence-electron chi connectivity index (χ0n) is 16.0. The fourth-order valence-corrected chi connectivity index (χ4v) is 3.97. The molecule has 0 saturated carbocycles. The SMILES string of the molecule is CCn1ncc2c(C(=O)OCc3sc(C)nc3C)cc(-c3ccccc3)nc21. The van der Waals surface area contributed by atoms with Crippen LogP contribution in [0.3, 0.4) is 0 Å². The Hall–Kier alpha value is -3.06. The van der Waals surface area contributed by atoms with E-state index >= 15 is 0 Å². The van der Waals surface area contributed by atoms with Crippen LogP contribution < -0.4 is 0 Å². The number of thiazole rings is 1. The number of rotatable bonds is 5. The molecule has 0 bridgehead atoms. The number of aryl methyl sites for hydroxylation is 3. The first-order valence-corrected chi connectivity index (χ1v) is 9.90. The van der Waals surface area contributed by atoms with Crippen LogP contribution in [0.4, 0.5) is 0 Å². The van der Waals surface area contributed by atoms with Crippen LogP contribution in [-0.4, -0.2) is 25.7 Å². The smallest absolute Gasteiger partial charge is 0.339 e. The number of benzene rings is 1. The summed E-state index contributed by atoms with van der Waals surface area (Å²) >= 11 is 1.55. The van der Waals surface area contributed by atoms with Crippen LogP contribution in [0.1, 0.15) is 32.9 Å². The summed E-state index contributed by atoms with van der Waals surface area (Å²) in [5.74, 6) is -0.384. The van der Waals surface area contributed by atoms with Crippen LogP contribution in [0.25, 0.3) is 22.3 Å². The van der Waals surface area contributed by atoms with E-state index in [1.54, 1.807) is 28.3 Å². The van der Waals surface area contributed by atoms with Crippen molar-refractivity contribution >= 4 is 28.3 Å². The van der Waals surface area contributed by atoms with E-state index in [0.29, 0.717) is 23.1 Å². The molecule has 4 aromatic rings. The molecule has 0 aliphatic heterocycles. The summed E-state index contributed by atoms with van der Waals surface area (Å²) in [5, 5.41) is 6.03. The van der Waals surface area contributed by atoms with Crippen LogP contribution >= 0.6 is 11.3 Å². The summed E-state index contributed by atoms with van der Waals surface area (Å²) in [6.45, 7) is 6.75. The van der Waals surface area contributed by atoms with Crippen LogP contribution in [-0.2, 0) is 17.9 Å². The third-order valence-corrected chi connectivity index (χ3v) is 5.58. The zero-order chi connectivity index (χ0) is 19.7. The van der Waals surface area contributed by atoms with Gasteiger partial charge in [0, 0.05) is 12.1 Å². The normalized spacial score (nSPS) is 11.1. The first kappa shape index (κ1) is 18.3. The molecule has 0 unspecified atom stereocenters. The van der Waals surface area contributed by atoms with Crippen LogP contribution in [0, 0.1) is 13.8 Å². The summed E-state index contributed by atoms with van der Waals surface area (Å²) in [7, 11) is 0. The van der Waals surface area contributed by atoms with Crippen LogP contribution in [0.2, 0.25) is 0 Å². The number of hydrogen-bond acceptors (Lipinski definition) is 6. The summed E-state index contributed by atoms with van der Waals surface area (Å²) in [6, 6.07) is 11.6. The lowest BCUT2D eigenvalue weighted by atomic mass is 10.1. The molecule has 0 saturated heterocycles. The van der Waals surface area contributed by atoms with Crippen molar-refractivity contribution < 1.29 is 9.53 Å². The molecule has 0 fully saturated rings. The Morgan fingerprint density at radius 1 is 1.18 bits per heavy atom. The largest absolute Gasteiger partial charge is 0.456 e. The fourth-order valence-electron chi connectivity index (χ4n) is 3.12. The van der Waals surface area contributed by atoms with E-state index in [2.05, 4.69) is 10.1 Å². The molecule has 0 atom stereocenters. The van der Waals surface area contributed by atoms with Crippen molar-refractivity contribution in [1.82, 2.24) is 19.7 Å². The van der Waals surface area contributed by atoms with E-state index in [1.165, 1.54) is 0 Å². The molecule has 0 spiro atoms. The van der Waals surface area contributed by atoms with Gasteiger partial charge in [-0.3, -0.25) is 0 Å². The second-order valence-corrected chi connectivity index (χ2v) is 7.72. The Labute approximate surface area is 166 Å². The van der Waals surface area contributed by atoms with E-state index in [0.717, 1.165) is 26.8 Å². The minimum Gasteiger partial charge on any atom is -0.456 e. The molecular weight excluding hydrogens is 372 g/mol. The van der Waals surface area contributed by atoms with E-state index in [-0.39, 0.29) is 12.6 Å². The van der Waals surface area contributed by atoms with E-state index in [9.17, 15) is 4.79 Å². The molecule has 3 aromatic heterocycles. The molecule has 0 radical (unpaired) electrons. The van der Waals surface area contributed by atoms with Crippen LogP contribution in [0.15, 0.2) is 42.6 Å². The molecule has 0 N–H and O–H groups in total. The molecule has 1 aromatic carbocycles. The number of fused-ring (bicyclic) bond motifs is 1. The average molecular weight is 392 g/mol. The van der Waals surface area contributed by atoms with E-state index in [1.807, 2.05) is 51.1 Å².